The summed E-state index contributed by atoms with van der Waals surface area (Å²) in [4.78, 5) is 4.36. The van der Waals surface area contributed by atoms with Crippen LogP contribution in [0.4, 0.5) is 4.39 Å². The third kappa shape index (κ3) is 5.95. The van der Waals surface area contributed by atoms with Crippen molar-refractivity contribution in [1.29, 1.82) is 0 Å². The van der Waals surface area contributed by atoms with Crippen LogP contribution in [0.3, 0.4) is 0 Å². The molecule has 4 rings (SSSR count). The smallest absolute Gasteiger partial charge is 0.191 e. The topological polar surface area (TPSA) is 67.1 Å². The molecule has 0 radical (unpaired) electrons. The van der Waals surface area contributed by atoms with Crippen LogP contribution in [0.25, 0.3) is 0 Å². The average molecular weight is 573 g/mol. The average Bonchev–Trinajstić information content (AvgIpc) is 3.19. The molecule has 0 saturated heterocycles. The first kappa shape index (κ1) is 25.3. The number of aliphatic imine (C=N–C) groups is 1. The quantitative estimate of drug-likeness (QED) is 0.150. The number of hydrogen-bond donors (Lipinski definition) is 2. The van der Waals surface area contributed by atoms with Gasteiger partial charge >= 0.3 is 0 Å². The van der Waals surface area contributed by atoms with Gasteiger partial charge in [0.05, 0.1) is 0 Å². The summed E-state index contributed by atoms with van der Waals surface area (Å²) in [6.45, 7) is 1.59. The molecule has 2 fully saturated rings. The Kier molecular flexibility index (Phi) is 9.22. The van der Waals surface area contributed by atoms with Gasteiger partial charge in [-0.2, -0.15) is 0 Å². The van der Waals surface area contributed by atoms with E-state index < -0.39 is 0 Å². The standard InChI is InChI=1S/C23H33FN6S.HI/c1-25-21(27-16-23(12-13-23)17-7-5-8-18(24)15-17)26-14-6-11-20-28-29-22(31-2)30(20)19-9-3-4-10-19;/h5,7-8,15,19H,3-4,6,9-14,16H2,1-2H3,(H2,25,26,27);1H. The summed E-state index contributed by atoms with van der Waals surface area (Å²) in [6.07, 6.45) is 11.2. The molecule has 2 saturated carbocycles. The van der Waals surface area contributed by atoms with E-state index in [0.29, 0.717) is 6.04 Å². The third-order valence-electron chi connectivity index (χ3n) is 6.59. The third-order valence-corrected chi connectivity index (χ3v) is 7.23. The van der Waals surface area contributed by atoms with E-state index >= 15 is 0 Å². The molecule has 0 atom stereocenters. The van der Waals surface area contributed by atoms with Crippen LogP contribution in [-0.2, 0) is 11.8 Å². The highest BCUT2D eigenvalue weighted by Gasteiger charge is 2.44. The van der Waals surface area contributed by atoms with Crippen LogP contribution >= 0.6 is 35.7 Å². The first-order chi connectivity index (χ1) is 15.1. The Labute approximate surface area is 211 Å². The summed E-state index contributed by atoms with van der Waals surface area (Å²) < 4.78 is 16.0. The van der Waals surface area contributed by atoms with Gasteiger partial charge in [0.2, 0.25) is 0 Å². The Balaban J connectivity index is 0.00000289. The minimum atomic E-state index is -0.165. The molecule has 1 aromatic carbocycles. The maximum atomic E-state index is 13.6. The Morgan fingerprint density at radius 1 is 1.25 bits per heavy atom. The number of rotatable bonds is 9. The molecular formula is C23H34FIN6S. The van der Waals surface area contributed by atoms with E-state index in [0.717, 1.165) is 61.3 Å². The molecule has 1 aromatic heterocycles. The lowest BCUT2D eigenvalue weighted by molar-refractivity contribution is 0.460. The maximum absolute atomic E-state index is 13.6. The number of aromatic nitrogens is 3. The fraction of sp³-hybridized carbons (Fsp3) is 0.609. The van der Waals surface area contributed by atoms with Crippen molar-refractivity contribution >= 4 is 41.7 Å². The normalized spacial score (nSPS) is 17.8. The van der Waals surface area contributed by atoms with Gasteiger partial charge in [-0.05, 0) is 56.1 Å². The van der Waals surface area contributed by atoms with Crippen molar-refractivity contribution in [3.05, 3.63) is 41.5 Å². The lowest BCUT2D eigenvalue weighted by atomic mass is 9.96. The summed E-state index contributed by atoms with van der Waals surface area (Å²) in [7, 11) is 1.79. The van der Waals surface area contributed by atoms with Crippen molar-refractivity contribution in [2.24, 2.45) is 4.99 Å². The number of halogens is 2. The summed E-state index contributed by atoms with van der Waals surface area (Å²) in [6, 6.07) is 7.55. The Bertz CT molecular complexity index is 908. The van der Waals surface area contributed by atoms with Gasteiger partial charge in [0.1, 0.15) is 11.6 Å². The SMILES string of the molecule is CN=C(NCCCc1nnc(SC)n1C1CCCC1)NCC1(c2cccc(F)c2)CC1.I. The summed E-state index contributed by atoms with van der Waals surface area (Å²) in [5.41, 5.74) is 1.11. The molecule has 2 aliphatic rings. The van der Waals surface area contributed by atoms with Gasteiger partial charge in [0.15, 0.2) is 11.1 Å². The van der Waals surface area contributed by atoms with Crippen LogP contribution in [0.5, 0.6) is 0 Å². The largest absolute Gasteiger partial charge is 0.356 e. The zero-order valence-corrected chi connectivity index (χ0v) is 22.1. The van der Waals surface area contributed by atoms with Gasteiger partial charge in [-0.25, -0.2) is 4.39 Å². The molecule has 2 aliphatic carbocycles. The van der Waals surface area contributed by atoms with Crippen molar-refractivity contribution in [3.63, 3.8) is 0 Å². The van der Waals surface area contributed by atoms with E-state index in [4.69, 9.17) is 0 Å². The van der Waals surface area contributed by atoms with Gasteiger partial charge in [0.25, 0.3) is 0 Å². The molecular weight excluding hydrogens is 538 g/mol. The second-order valence-electron chi connectivity index (χ2n) is 8.66. The predicted molar refractivity (Wildman–Crippen MR) is 140 cm³/mol. The highest BCUT2D eigenvalue weighted by Crippen LogP contribution is 2.47. The van der Waals surface area contributed by atoms with E-state index in [1.807, 2.05) is 6.07 Å². The van der Waals surface area contributed by atoms with Gasteiger partial charge in [-0.1, -0.05) is 36.7 Å². The van der Waals surface area contributed by atoms with E-state index in [9.17, 15) is 4.39 Å². The second kappa shape index (κ2) is 11.7. The van der Waals surface area contributed by atoms with E-state index in [2.05, 4.69) is 36.6 Å². The number of benzene rings is 1. The minimum Gasteiger partial charge on any atom is -0.356 e. The van der Waals surface area contributed by atoms with Crippen LogP contribution in [0.2, 0.25) is 0 Å². The molecule has 9 heteroatoms. The number of hydrogen-bond acceptors (Lipinski definition) is 4. The molecule has 0 unspecified atom stereocenters. The summed E-state index contributed by atoms with van der Waals surface area (Å²) in [5.74, 6) is 1.73. The molecule has 2 N–H and O–H groups in total. The van der Waals surface area contributed by atoms with Crippen LogP contribution in [0.1, 0.15) is 62.4 Å². The second-order valence-corrected chi connectivity index (χ2v) is 9.43. The highest BCUT2D eigenvalue weighted by atomic mass is 127. The zero-order valence-electron chi connectivity index (χ0n) is 18.9. The van der Waals surface area contributed by atoms with Gasteiger partial charge < -0.3 is 15.2 Å². The molecule has 0 spiro atoms. The Morgan fingerprint density at radius 3 is 2.69 bits per heavy atom. The maximum Gasteiger partial charge on any atom is 0.191 e. The van der Waals surface area contributed by atoms with Crippen molar-refractivity contribution in [2.45, 2.75) is 68.0 Å². The highest BCUT2D eigenvalue weighted by molar-refractivity contribution is 14.0. The first-order valence-corrected chi connectivity index (χ1v) is 12.6. The van der Waals surface area contributed by atoms with Crippen molar-refractivity contribution < 1.29 is 4.39 Å². The van der Waals surface area contributed by atoms with E-state index in [-0.39, 0.29) is 35.2 Å². The van der Waals surface area contributed by atoms with Gasteiger partial charge in [-0.15, -0.1) is 34.2 Å². The predicted octanol–water partition coefficient (Wildman–Crippen LogP) is 4.70. The number of thioether (sulfide) groups is 1. The Morgan fingerprint density at radius 2 is 2.03 bits per heavy atom. The van der Waals surface area contributed by atoms with Crippen molar-refractivity contribution in [2.75, 3.05) is 26.4 Å². The fourth-order valence-electron chi connectivity index (χ4n) is 4.61. The number of aryl methyl sites for hydroxylation is 1. The Hall–Kier alpha value is -1.36. The first-order valence-electron chi connectivity index (χ1n) is 11.3. The number of nitrogens with zero attached hydrogens (tertiary/aromatic N) is 4. The molecule has 2 aromatic rings. The van der Waals surface area contributed by atoms with Crippen molar-refractivity contribution in [1.82, 2.24) is 25.4 Å². The molecule has 176 valence electrons. The minimum absolute atomic E-state index is 0. The molecule has 0 bridgehead atoms. The zero-order chi connectivity index (χ0) is 21.7. The molecule has 32 heavy (non-hydrogen) atoms. The van der Waals surface area contributed by atoms with Crippen LogP contribution in [0, 0.1) is 5.82 Å². The number of nitrogens with one attached hydrogen (secondary N) is 2. The van der Waals surface area contributed by atoms with Gasteiger partial charge in [0, 0.05) is 38.0 Å². The monoisotopic (exact) mass is 572 g/mol. The lowest BCUT2D eigenvalue weighted by Gasteiger charge is -2.19. The number of guanidine groups is 1. The van der Waals surface area contributed by atoms with Crippen LogP contribution in [0.15, 0.2) is 34.4 Å². The molecule has 0 amide bonds. The van der Waals surface area contributed by atoms with Gasteiger partial charge in [-0.3, -0.25) is 4.99 Å². The fourth-order valence-corrected chi connectivity index (χ4v) is 5.18. The van der Waals surface area contributed by atoms with E-state index in [1.54, 1.807) is 30.9 Å². The summed E-state index contributed by atoms with van der Waals surface area (Å²) in [5, 5.41) is 16.8. The van der Waals surface area contributed by atoms with E-state index in [1.165, 1.54) is 31.7 Å². The summed E-state index contributed by atoms with van der Waals surface area (Å²) >= 11 is 1.69. The van der Waals surface area contributed by atoms with Crippen LogP contribution < -0.4 is 10.6 Å². The van der Waals surface area contributed by atoms with Crippen LogP contribution in [-0.4, -0.2) is 47.1 Å². The molecule has 1 heterocycles. The molecule has 6 nitrogen and oxygen atoms in total. The lowest BCUT2D eigenvalue weighted by Crippen LogP contribution is -2.41. The van der Waals surface area contributed by atoms with Crippen molar-refractivity contribution in [3.8, 4) is 0 Å². The molecule has 0 aliphatic heterocycles.